The van der Waals surface area contributed by atoms with Gasteiger partial charge in [0.05, 0.1) is 27.7 Å². The first-order valence-corrected chi connectivity index (χ1v) is 11.7. The largest absolute Gasteiger partial charge is 0.489 e. The third kappa shape index (κ3) is 5.13. The molecule has 0 aliphatic heterocycles. The number of aromatic nitrogens is 2. The van der Waals surface area contributed by atoms with Gasteiger partial charge in [0.2, 0.25) is 0 Å². The lowest BCUT2D eigenvalue weighted by atomic mass is 10.2. The molecular weight excluding hydrogens is 534 g/mol. The maximum absolute atomic E-state index is 13.2. The Balaban J connectivity index is 2.15. The second-order valence-electron chi connectivity index (χ2n) is 6.94. The van der Waals surface area contributed by atoms with Crippen molar-refractivity contribution in [2.75, 3.05) is 0 Å². The Bertz CT molecular complexity index is 1160. The first-order chi connectivity index (χ1) is 14.3. The Hall–Kier alpha value is -1.70. The van der Waals surface area contributed by atoms with Crippen molar-refractivity contribution in [2.45, 2.75) is 46.1 Å². The van der Waals surface area contributed by atoms with E-state index in [1.54, 1.807) is 24.4 Å². The molecule has 8 heteroatoms. The van der Waals surface area contributed by atoms with Gasteiger partial charge in [0.25, 0.3) is 5.56 Å². The molecule has 0 saturated carbocycles. The van der Waals surface area contributed by atoms with Gasteiger partial charge in [-0.3, -0.25) is 4.79 Å². The van der Waals surface area contributed by atoms with Gasteiger partial charge < -0.3 is 4.74 Å². The topological polar surface area (TPSA) is 56.5 Å². The van der Waals surface area contributed by atoms with E-state index in [1.807, 2.05) is 26.0 Å². The molecule has 0 spiro atoms. The summed E-state index contributed by atoms with van der Waals surface area (Å²) in [5.41, 5.74) is 1.12. The average molecular weight is 556 g/mol. The Labute approximate surface area is 197 Å². The Kier molecular flexibility index (Phi) is 7.71. The minimum Gasteiger partial charge on any atom is -0.489 e. The number of ether oxygens (including phenoxy) is 1. The molecule has 0 saturated heterocycles. The highest BCUT2D eigenvalue weighted by Gasteiger charge is 2.14. The third-order valence-corrected chi connectivity index (χ3v) is 5.89. The Morgan fingerprint density at radius 2 is 2.03 bits per heavy atom. The predicted molar refractivity (Wildman–Crippen MR) is 130 cm³/mol. The summed E-state index contributed by atoms with van der Waals surface area (Å²) < 4.78 is 8.97. The van der Waals surface area contributed by atoms with Gasteiger partial charge in [0, 0.05) is 21.5 Å². The standard InChI is InChI=1S/C22H22Br2ClN3O2/c1-4-6-20-27-19-8-7-15(23)10-17(19)22(29)28(20)26-12-14-9-16(25)11-18(24)21(14)30-13(3)5-2/h7-13H,4-6H2,1-3H3/t13-/m1/s1. The molecule has 5 nitrogen and oxygen atoms in total. The summed E-state index contributed by atoms with van der Waals surface area (Å²) in [7, 11) is 0. The van der Waals surface area contributed by atoms with Crippen molar-refractivity contribution in [3.63, 3.8) is 0 Å². The monoisotopic (exact) mass is 553 g/mol. The van der Waals surface area contributed by atoms with Crippen LogP contribution >= 0.6 is 43.5 Å². The maximum atomic E-state index is 13.2. The van der Waals surface area contributed by atoms with E-state index in [0.29, 0.717) is 39.5 Å². The lowest BCUT2D eigenvalue weighted by molar-refractivity contribution is 0.215. The van der Waals surface area contributed by atoms with E-state index < -0.39 is 0 Å². The van der Waals surface area contributed by atoms with Crippen molar-refractivity contribution < 1.29 is 4.74 Å². The number of hydrogen-bond donors (Lipinski definition) is 0. The molecule has 0 N–H and O–H groups in total. The zero-order valence-electron chi connectivity index (χ0n) is 17.0. The van der Waals surface area contributed by atoms with Crippen LogP contribution in [0.4, 0.5) is 0 Å². The van der Waals surface area contributed by atoms with Gasteiger partial charge >= 0.3 is 0 Å². The Morgan fingerprint density at radius 1 is 1.27 bits per heavy atom. The SMILES string of the molecule is CCCc1nc2ccc(Br)cc2c(=O)n1N=Cc1cc(Cl)cc(Br)c1O[C@H](C)CC. The van der Waals surface area contributed by atoms with Crippen LogP contribution in [-0.4, -0.2) is 22.0 Å². The molecule has 0 aliphatic rings. The summed E-state index contributed by atoms with van der Waals surface area (Å²) in [4.78, 5) is 17.8. The molecule has 3 aromatic rings. The molecule has 158 valence electrons. The van der Waals surface area contributed by atoms with Gasteiger partial charge in [-0.15, -0.1) is 0 Å². The molecule has 0 unspecified atom stereocenters. The normalized spacial score (nSPS) is 12.6. The van der Waals surface area contributed by atoms with E-state index in [2.05, 4.69) is 48.9 Å². The highest BCUT2D eigenvalue weighted by molar-refractivity contribution is 9.10. The van der Waals surface area contributed by atoms with Crippen LogP contribution in [0.15, 0.2) is 49.2 Å². The zero-order chi connectivity index (χ0) is 21.8. The summed E-state index contributed by atoms with van der Waals surface area (Å²) >= 11 is 13.2. The Morgan fingerprint density at radius 3 is 2.73 bits per heavy atom. The predicted octanol–water partition coefficient (Wildman–Crippen LogP) is 6.59. The minimum atomic E-state index is -0.216. The van der Waals surface area contributed by atoms with Crippen LogP contribution in [-0.2, 0) is 6.42 Å². The second-order valence-corrected chi connectivity index (χ2v) is 9.15. The van der Waals surface area contributed by atoms with Crippen LogP contribution in [0, 0.1) is 0 Å². The molecule has 0 radical (unpaired) electrons. The van der Waals surface area contributed by atoms with Gasteiger partial charge in [-0.05, 0) is 66.0 Å². The summed E-state index contributed by atoms with van der Waals surface area (Å²) in [5.74, 6) is 1.25. The van der Waals surface area contributed by atoms with Crippen molar-refractivity contribution in [1.29, 1.82) is 0 Å². The van der Waals surface area contributed by atoms with Gasteiger partial charge in [0.15, 0.2) is 0 Å². The van der Waals surface area contributed by atoms with Crippen molar-refractivity contribution in [3.8, 4) is 5.75 Å². The summed E-state index contributed by atoms with van der Waals surface area (Å²) in [6.07, 6.45) is 3.95. The molecule has 3 rings (SSSR count). The minimum absolute atomic E-state index is 0.0210. The number of rotatable bonds is 7. The molecule has 0 bridgehead atoms. The average Bonchev–Trinajstić information content (AvgIpc) is 2.70. The summed E-state index contributed by atoms with van der Waals surface area (Å²) in [6.45, 7) is 6.09. The van der Waals surface area contributed by atoms with Gasteiger partial charge in [-0.1, -0.05) is 41.4 Å². The van der Waals surface area contributed by atoms with E-state index in [0.717, 1.165) is 21.8 Å². The van der Waals surface area contributed by atoms with Crippen molar-refractivity contribution in [2.24, 2.45) is 5.10 Å². The van der Waals surface area contributed by atoms with Crippen LogP contribution in [0.25, 0.3) is 10.9 Å². The van der Waals surface area contributed by atoms with Crippen LogP contribution in [0.2, 0.25) is 5.02 Å². The molecule has 1 aromatic heterocycles. The van der Waals surface area contributed by atoms with Crippen LogP contribution in [0.5, 0.6) is 5.75 Å². The van der Waals surface area contributed by atoms with E-state index >= 15 is 0 Å². The van der Waals surface area contributed by atoms with Crippen molar-refractivity contribution in [1.82, 2.24) is 9.66 Å². The maximum Gasteiger partial charge on any atom is 0.282 e. The number of nitrogens with zero attached hydrogens (tertiary/aromatic N) is 3. The number of hydrogen-bond acceptors (Lipinski definition) is 4. The number of fused-ring (bicyclic) bond motifs is 1. The van der Waals surface area contributed by atoms with Gasteiger partial charge in [0.1, 0.15) is 11.6 Å². The molecule has 0 fully saturated rings. The van der Waals surface area contributed by atoms with E-state index in [1.165, 1.54) is 4.68 Å². The smallest absolute Gasteiger partial charge is 0.282 e. The second kappa shape index (κ2) is 10.1. The molecule has 0 amide bonds. The fourth-order valence-electron chi connectivity index (χ4n) is 2.90. The molecular formula is C22H22Br2ClN3O2. The lowest BCUT2D eigenvalue weighted by Crippen LogP contribution is -2.22. The molecule has 1 heterocycles. The van der Waals surface area contributed by atoms with Crippen molar-refractivity contribution >= 4 is 60.6 Å². The van der Waals surface area contributed by atoms with Gasteiger partial charge in [-0.2, -0.15) is 9.78 Å². The fraction of sp³-hybridized carbons (Fsp3) is 0.318. The highest BCUT2D eigenvalue weighted by Crippen LogP contribution is 2.33. The molecule has 1 atom stereocenters. The number of benzene rings is 2. The van der Waals surface area contributed by atoms with Crippen molar-refractivity contribution in [3.05, 3.63) is 66.0 Å². The molecule has 0 aliphatic carbocycles. The van der Waals surface area contributed by atoms with Crippen LogP contribution in [0.3, 0.4) is 0 Å². The van der Waals surface area contributed by atoms with Gasteiger partial charge in [-0.25, -0.2) is 4.98 Å². The first kappa shape index (κ1) is 23.0. The molecule has 30 heavy (non-hydrogen) atoms. The number of aryl methyl sites for hydroxylation is 1. The van der Waals surface area contributed by atoms with E-state index in [-0.39, 0.29) is 11.7 Å². The third-order valence-electron chi connectivity index (χ3n) is 4.59. The highest BCUT2D eigenvalue weighted by atomic mass is 79.9. The fourth-order valence-corrected chi connectivity index (χ4v) is 4.19. The summed E-state index contributed by atoms with van der Waals surface area (Å²) in [6, 6.07) is 9.02. The lowest BCUT2D eigenvalue weighted by Gasteiger charge is -2.16. The van der Waals surface area contributed by atoms with E-state index in [9.17, 15) is 4.79 Å². The quantitative estimate of drug-likeness (QED) is 0.309. The van der Waals surface area contributed by atoms with Crippen LogP contribution in [0.1, 0.15) is 45.0 Å². The zero-order valence-corrected chi connectivity index (χ0v) is 20.9. The first-order valence-electron chi connectivity index (χ1n) is 9.75. The van der Waals surface area contributed by atoms with Crippen LogP contribution < -0.4 is 10.3 Å². The summed E-state index contributed by atoms with van der Waals surface area (Å²) in [5, 5.41) is 5.54. The number of halogens is 3. The van der Waals surface area contributed by atoms with E-state index in [4.69, 9.17) is 16.3 Å². The molecule has 2 aromatic carbocycles.